The van der Waals surface area contributed by atoms with E-state index in [1.54, 1.807) is 6.07 Å². The topological polar surface area (TPSA) is 17.1 Å². The molecule has 0 aliphatic rings. The molecular formula is C7H6OS3. The first kappa shape index (κ1) is 8.90. The zero-order valence-corrected chi connectivity index (χ0v) is 8.31. The minimum Gasteiger partial charge on any atom is -0.286 e. The van der Waals surface area contributed by atoms with Crippen LogP contribution in [-0.2, 0) is 0 Å². The highest BCUT2D eigenvalue weighted by Gasteiger charge is 2.10. The first-order valence-corrected chi connectivity index (χ1v) is 5.43. The van der Waals surface area contributed by atoms with Crippen LogP contribution in [0.2, 0.25) is 0 Å². The summed E-state index contributed by atoms with van der Waals surface area (Å²) in [6, 6.07) is 3.64. The predicted octanol–water partition coefficient (Wildman–Crippen LogP) is 2.62. The van der Waals surface area contributed by atoms with Crippen molar-refractivity contribution in [1.82, 2.24) is 0 Å². The fourth-order valence-corrected chi connectivity index (χ4v) is 1.81. The molecule has 1 heterocycles. The number of hydrogen-bond donors (Lipinski definition) is 0. The van der Waals surface area contributed by atoms with Crippen molar-refractivity contribution in [2.45, 2.75) is 0 Å². The van der Waals surface area contributed by atoms with Gasteiger partial charge in [-0.05, 0) is 17.7 Å². The van der Waals surface area contributed by atoms with Crippen LogP contribution in [0.1, 0.15) is 9.67 Å². The lowest BCUT2D eigenvalue weighted by Crippen LogP contribution is -2.04. The van der Waals surface area contributed by atoms with Gasteiger partial charge in [0.05, 0.1) is 4.88 Å². The number of rotatable bonds is 2. The Labute approximate surface area is 78.8 Å². The first-order chi connectivity index (χ1) is 5.25. The lowest BCUT2D eigenvalue weighted by molar-refractivity contribution is 0.107. The molecule has 0 spiro atoms. The lowest BCUT2D eigenvalue weighted by atomic mass is 10.3. The standard InChI is InChI=1S/C7H6OS3/c1-10-7(9)6(8)5-3-2-4-11-5/h2-4H,1H3. The third-order valence-corrected chi connectivity index (χ3v) is 3.23. The van der Waals surface area contributed by atoms with E-state index in [0.717, 1.165) is 4.88 Å². The van der Waals surface area contributed by atoms with Gasteiger partial charge in [0.1, 0.15) is 4.20 Å². The number of carbonyl (C=O) groups is 1. The van der Waals surface area contributed by atoms with Crippen molar-refractivity contribution in [3.05, 3.63) is 22.4 Å². The molecule has 0 N–H and O–H groups in total. The average molecular weight is 202 g/mol. The molecule has 1 aromatic heterocycles. The van der Waals surface area contributed by atoms with E-state index in [9.17, 15) is 4.79 Å². The van der Waals surface area contributed by atoms with Gasteiger partial charge in [0, 0.05) is 0 Å². The molecule has 0 bridgehead atoms. The van der Waals surface area contributed by atoms with E-state index < -0.39 is 0 Å². The molecule has 0 saturated heterocycles. The largest absolute Gasteiger partial charge is 0.286 e. The molecule has 0 amide bonds. The van der Waals surface area contributed by atoms with Gasteiger partial charge in [0.15, 0.2) is 0 Å². The number of thiocarbonyl (C=S) groups is 1. The van der Waals surface area contributed by atoms with E-state index in [0.29, 0.717) is 4.20 Å². The third kappa shape index (κ3) is 2.12. The number of ketones is 1. The van der Waals surface area contributed by atoms with Gasteiger partial charge in [-0.25, -0.2) is 0 Å². The number of hydrogen-bond acceptors (Lipinski definition) is 4. The van der Waals surface area contributed by atoms with Crippen molar-refractivity contribution < 1.29 is 4.79 Å². The molecule has 0 aromatic carbocycles. The van der Waals surface area contributed by atoms with Crippen molar-refractivity contribution >= 4 is 45.3 Å². The van der Waals surface area contributed by atoms with Crippen molar-refractivity contribution in [1.29, 1.82) is 0 Å². The Morgan fingerprint density at radius 1 is 1.73 bits per heavy atom. The van der Waals surface area contributed by atoms with Crippen LogP contribution in [0.4, 0.5) is 0 Å². The van der Waals surface area contributed by atoms with Gasteiger partial charge < -0.3 is 0 Å². The van der Waals surface area contributed by atoms with Crippen molar-refractivity contribution in [2.75, 3.05) is 6.26 Å². The van der Waals surface area contributed by atoms with Crippen LogP contribution in [-0.4, -0.2) is 16.2 Å². The molecule has 4 heteroatoms. The predicted molar refractivity (Wildman–Crippen MR) is 54.8 cm³/mol. The molecular weight excluding hydrogens is 196 g/mol. The van der Waals surface area contributed by atoms with Gasteiger partial charge in [-0.1, -0.05) is 18.3 Å². The monoisotopic (exact) mass is 202 g/mol. The summed E-state index contributed by atoms with van der Waals surface area (Å²) >= 11 is 7.59. The highest BCUT2D eigenvalue weighted by atomic mass is 32.2. The molecule has 0 aliphatic heterocycles. The molecule has 0 fully saturated rings. The summed E-state index contributed by atoms with van der Waals surface area (Å²) in [4.78, 5) is 12.0. The van der Waals surface area contributed by atoms with Crippen molar-refractivity contribution in [2.24, 2.45) is 0 Å². The second kappa shape index (κ2) is 3.99. The number of carbonyl (C=O) groups excluding carboxylic acids is 1. The number of thioether (sulfide) groups is 1. The molecule has 1 rings (SSSR count). The third-order valence-electron chi connectivity index (χ3n) is 1.12. The van der Waals surface area contributed by atoms with Gasteiger partial charge >= 0.3 is 0 Å². The second-order valence-corrected chi connectivity index (χ2v) is 4.23. The molecule has 0 aliphatic carbocycles. The van der Waals surface area contributed by atoms with E-state index in [1.807, 2.05) is 17.7 Å². The fourth-order valence-electron chi connectivity index (χ4n) is 0.601. The van der Waals surface area contributed by atoms with E-state index in [2.05, 4.69) is 0 Å². The number of Topliss-reactive ketones (excluding diaryl/α,β-unsaturated/α-hetero) is 1. The van der Waals surface area contributed by atoms with E-state index in [1.165, 1.54) is 23.1 Å². The molecule has 11 heavy (non-hydrogen) atoms. The van der Waals surface area contributed by atoms with Gasteiger partial charge in [-0.15, -0.1) is 23.1 Å². The van der Waals surface area contributed by atoms with Crippen LogP contribution in [0, 0.1) is 0 Å². The summed E-state index contributed by atoms with van der Waals surface area (Å²) in [5.74, 6) is -0.0255. The quantitative estimate of drug-likeness (QED) is 0.542. The Kier molecular flexibility index (Phi) is 3.23. The highest BCUT2D eigenvalue weighted by molar-refractivity contribution is 8.24. The first-order valence-electron chi connectivity index (χ1n) is 2.92. The van der Waals surface area contributed by atoms with Crippen LogP contribution in [0.15, 0.2) is 17.5 Å². The molecule has 58 valence electrons. The van der Waals surface area contributed by atoms with Crippen LogP contribution in [0.5, 0.6) is 0 Å². The van der Waals surface area contributed by atoms with E-state index >= 15 is 0 Å². The highest BCUT2D eigenvalue weighted by Crippen LogP contribution is 2.13. The Balaban J connectivity index is 2.79. The van der Waals surface area contributed by atoms with Gasteiger partial charge in [0.25, 0.3) is 0 Å². The van der Waals surface area contributed by atoms with Gasteiger partial charge in [0.2, 0.25) is 5.78 Å². The minimum absolute atomic E-state index is 0.0255. The smallest absolute Gasteiger partial charge is 0.220 e. The van der Waals surface area contributed by atoms with E-state index in [-0.39, 0.29) is 5.78 Å². The SMILES string of the molecule is CSC(=S)C(=O)c1cccs1. The molecule has 0 radical (unpaired) electrons. The maximum Gasteiger partial charge on any atom is 0.220 e. The molecule has 0 saturated carbocycles. The van der Waals surface area contributed by atoms with Gasteiger partial charge in [-0.3, -0.25) is 4.79 Å². The van der Waals surface area contributed by atoms with Crippen LogP contribution >= 0.6 is 35.3 Å². The zero-order valence-electron chi connectivity index (χ0n) is 5.87. The Bertz CT molecular complexity index is 263. The molecule has 0 atom stereocenters. The van der Waals surface area contributed by atoms with Crippen LogP contribution in [0.3, 0.4) is 0 Å². The summed E-state index contributed by atoms with van der Waals surface area (Å²) in [6.45, 7) is 0. The summed E-state index contributed by atoms with van der Waals surface area (Å²) in [5.41, 5.74) is 0. The van der Waals surface area contributed by atoms with Crippen molar-refractivity contribution in [3.8, 4) is 0 Å². The zero-order chi connectivity index (χ0) is 8.27. The van der Waals surface area contributed by atoms with Crippen molar-refractivity contribution in [3.63, 3.8) is 0 Å². The molecule has 0 unspecified atom stereocenters. The summed E-state index contributed by atoms with van der Waals surface area (Å²) in [5, 5.41) is 1.87. The number of thiophene rings is 1. The molecule has 1 nitrogen and oxygen atoms in total. The van der Waals surface area contributed by atoms with E-state index in [4.69, 9.17) is 12.2 Å². The summed E-state index contributed by atoms with van der Waals surface area (Å²) in [7, 11) is 0. The molecule has 1 aromatic rings. The van der Waals surface area contributed by atoms with Gasteiger partial charge in [-0.2, -0.15) is 0 Å². The Hall–Kier alpha value is -0.190. The average Bonchev–Trinajstić information content (AvgIpc) is 2.53. The summed E-state index contributed by atoms with van der Waals surface area (Å²) < 4.78 is 0.437. The maximum atomic E-state index is 11.3. The lowest BCUT2D eigenvalue weighted by Gasteiger charge is -1.93. The van der Waals surface area contributed by atoms with Crippen LogP contribution in [0.25, 0.3) is 0 Å². The minimum atomic E-state index is -0.0255. The normalized spacial score (nSPS) is 9.55. The second-order valence-electron chi connectivity index (χ2n) is 1.80. The fraction of sp³-hybridized carbons (Fsp3) is 0.143. The Morgan fingerprint density at radius 2 is 2.45 bits per heavy atom. The summed E-state index contributed by atoms with van der Waals surface area (Å²) in [6.07, 6.45) is 1.81. The Morgan fingerprint density at radius 3 is 2.91 bits per heavy atom. The van der Waals surface area contributed by atoms with Crippen LogP contribution < -0.4 is 0 Å². The maximum absolute atomic E-state index is 11.3.